The number of hydrogen-bond acceptors (Lipinski definition) is 6. The molecule has 0 bridgehead atoms. The van der Waals surface area contributed by atoms with E-state index in [1.54, 1.807) is 30.1 Å². The number of nitrogens with two attached hydrogens (primary N) is 1. The van der Waals surface area contributed by atoms with Crippen LogP contribution in [0.3, 0.4) is 0 Å². The summed E-state index contributed by atoms with van der Waals surface area (Å²) in [5.41, 5.74) is 6.56. The van der Waals surface area contributed by atoms with Gasteiger partial charge in [-0.2, -0.15) is 16.7 Å². The van der Waals surface area contributed by atoms with Gasteiger partial charge in [-0.1, -0.05) is 16.8 Å². The van der Waals surface area contributed by atoms with E-state index >= 15 is 0 Å². The third-order valence-corrected chi connectivity index (χ3v) is 3.22. The molecule has 1 unspecified atom stereocenters. The molecule has 5 nitrogen and oxygen atoms in total. The molecule has 0 saturated heterocycles. The molecule has 0 saturated carbocycles. The highest BCUT2D eigenvalue weighted by Gasteiger charge is 2.15. The topological polar surface area (TPSA) is 77.8 Å². The molecule has 1 atom stereocenters. The third-order valence-electron chi connectivity index (χ3n) is 2.35. The zero-order valence-electron chi connectivity index (χ0n) is 9.84. The van der Waals surface area contributed by atoms with Crippen LogP contribution in [0.4, 0.5) is 0 Å². The van der Waals surface area contributed by atoms with Gasteiger partial charge in [0, 0.05) is 6.20 Å². The summed E-state index contributed by atoms with van der Waals surface area (Å²) in [6.07, 6.45) is 4.38. The zero-order valence-corrected chi connectivity index (χ0v) is 11.4. The number of nitrogens with zero attached hydrogens (tertiary/aromatic N) is 3. The Morgan fingerprint density at radius 2 is 2.33 bits per heavy atom. The Bertz CT molecular complexity index is 502. The van der Waals surface area contributed by atoms with Crippen molar-refractivity contribution in [2.24, 2.45) is 5.73 Å². The van der Waals surface area contributed by atoms with E-state index in [1.807, 2.05) is 6.26 Å². The minimum atomic E-state index is -0.231. The average molecular weight is 285 g/mol. The van der Waals surface area contributed by atoms with Crippen molar-refractivity contribution < 1.29 is 4.52 Å². The fourth-order valence-electron chi connectivity index (χ4n) is 1.37. The maximum atomic E-state index is 5.95. The van der Waals surface area contributed by atoms with Crippen molar-refractivity contribution in [3.63, 3.8) is 0 Å². The summed E-state index contributed by atoms with van der Waals surface area (Å²) in [5, 5.41) is 4.44. The summed E-state index contributed by atoms with van der Waals surface area (Å²) in [6.45, 7) is 0. The van der Waals surface area contributed by atoms with Gasteiger partial charge >= 0.3 is 0 Å². The first-order valence-corrected chi connectivity index (χ1v) is 7.18. The van der Waals surface area contributed by atoms with E-state index in [9.17, 15) is 0 Å². The minimum absolute atomic E-state index is 0.231. The van der Waals surface area contributed by atoms with Crippen LogP contribution in [0.2, 0.25) is 5.02 Å². The second kappa shape index (κ2) is 6.17. The minimum Gasteiger partial charge on any atom is -0.337 e. The molecule has 96 valence electrons. The number of rotatable bonds is 5. The standard InChI is InChI=1S/C11H13ClN4OS/c1-18-5-4-8(13)11-15-10(16-17-11)9-3-2-7(12)6-14-9/h2-3,6,8H,4-5,13H2,1H3. The van der Waals surface area contributed by atoms with Gasteiger partial charge in [-0.15, -0.1) is 0 Å². The van der Waals surface area contributed by atoms with Gasteiger partial charge in [-0.3, -0.25) is 4.98 Å². The van der Waals surface area contributed by atoms with Crippen molar-refractivity contribution in [1.82, 2.24) is 15.1 Å². The van der Waals surface area contributed by atoms with Crippen molar-refractivity contribution in [3.05, 3.63) is 29.2 Å². The van der Waals surface area contributed by atoms with Crippen LogP contribution in [0, 0.1) is 0 Å². The first kappa shape index (κ1) is 13.3. The highest BCUT2D eigenvalue weighted by atomic mass is 35.5. The van der Waals surface area contributed by atoms with Crippen LogP contribution >= 0.6 is 23.4 Å². The Labute approximate surface area is 114 Å². The average Bonchev–Trinajstić information content (AvgIpc) is 2.86. The zero-order chi connectivity index (χ0) is 13.0. The van der Waals surface area contributed by atoms with E-state index in [1.165, 1.54) is 0 Å². The van der Waals surface area contributed by atoms with Crippen LogP contribution in [0.1, 0.15) is 18.4 Å². The molecule has 2 N–H and O–H groups in total. The van der Waals surface area contributed by atoms with E-state index in [0.29, 0.717) is 22.4 Å². The van der Waals surface area contributed by atoms with Crippen LogP contribution in [0.5, 0.6) is 0 Å². The normalized spacial score (nSPS) is 12.6. The molecule has 0 aliphatic carbocycles. The SMILES string of the molecule is CSCCC(N)c1nc(-c2ccc(Cl)cn2)no1. The second-order valence-electron chi connectivity index (χ2n) is 3.71. The summed E-state index contributed by atoms with van der Waals surface area (Å²) >= 11 is 7.50. The van der Waals surface area contributed by atoms with Gasteiger partial charge in [-0.05, 0) is 30.6 Å². The number of aromatic nitrogens is 3. The predicted octanol–water partition coefficient (Wildman–Crippen LogP) is 2.54. The summed E-state index contributed by atoms with van der Waals surface area (Å²) in [4.78, 5) is 8.37. The molecular weight excluding hydrogens is 272 g/mol. The first-order valence-electron chi connectivity index (χ1n) is 5.40. The number of pyridine rings is 1. The van der Waals surface area contributed by atoms with E-state index in [-0.39, 0.29) is 6.04 Å². The fraction of sp³-hybridized carbons (Fsp3) is 0.364. The van der Waals surface area contributed by atoms with Crippen LogP contribution in [-0.2, 0) is 0 Å². The van der Waals surface area contributed by atoms with Gasteiger partial charge in [0.1, 0.15) is 5.69 Å². The summed E-state index contributed by atoms with van der Waals surface area (Å²) < 4.78 is 5.14. The molecule has 2 aromatic rings. The lowest BCUT2D eigenvalue weighted by Gasteiger charge is -2.03. The molecule has 18 heavy (non-hydrogen) atoms. The summed E-state index contributed by atoms with van der Waals surface area (Å²) in [5.74, 6) is 1.83. The van der Waals surface area contributed by atoms with Crippen molar-refractivity contribution in [1.29, 1.82) is 0 Å². The Morgan fingerprint density at radius 3 is 3.00 bits per heavy atom. The van der Waals surface area contributed by atoms with E-state index < -0.39 is 0 Å². The molecule has 2 heterocycles. The van der Waals surface area contributed by atoms with Gasteiger partial charge in [0.25, 0.3) is 0 Å². The highest BCUT2D eigenvalue weighted by Crippen LogP contribution is 2.19. The van der Waals surface area contributed by atoms with Crippen LogP contribution in [0.15, 0.2) is 22.9 Å². The molecule has 2 rings (SSSR count). The molecule has 0 radical (unpaired) electrons. The van der Waals surface area contributed by atoms with E-state index in [0.717, 1.165) is 12.2 Å². The van der Waals surface area contributed by atoms with Crippen LogP contribution in [0.25, 0.3) is 11.5 Å². The van der Waals surface area contributed by atoms with Gasteiger partial charge in [-0.25, -0.2) is 0 Å². The molecule has 0 amide bonds. The number of thioether (sulfide) groups is 1. The lowest BCUT2D eigenvalue weighted by Crippen LogP contribution is -2.11. The second-order valence-corrected chi connectivity index (χ2v) is 5.13. The molecule has 0 aromatic carbocycles. The maximum absolute atomic E-state index is 5.95. The van der Waals surface area contributed by atoms with Gasteiger partial charge in [0.05, 0.1) is 11.1 Å². The van der Waals surface area contributed by atoms with Gasteiger partial charge in [0.2, 0.25) is 11.7 Å². The fourth-order valence-corrected chi connectivity index (χ4v) is 1.97. The number of halogens is 1. The lowest BCUT2D eigenvalue weighted by molar-refractivity contribution is 0.353. The monoisotopic (exact) mass is 284 g/mol. The largest absolute Gasteiger partial charge is 0.337 e. The van der Waals surface area contributed by atoms with E-state index in [2.05, 4.69) is 15.1 Å². The third kappa shape index (κ3) is 3.22. The molecule has 0 aliphatic heterocycles. The van der Waals surface area contributed by atoms with Crippen molar-refractivity contribution >= 4 is 23.4 Å². The highest BCUT2D eigenvalue weighted by molar-refractivity contribution is 7.98. The Morgan fingerprint density at radius 1 is 1.50 bits per heavy atom. The van der Waals surface area contributed by atoms with Gasteiger partial charge < -0.3 is 10.3 Å². The molecule has 7 heteroatoms. The Balaban J connectivity index is 2.12. The number of hydrogen-bond donors (Lipinski definition) is 1. The van der Waals surface area contributed by atoms with Crippen LogP contribution in [-0.4, -0.2) is 27.1 Å². The molecule has 2 aromatic heterocycles. The van der Waals surface area contributed by atoms with Crippen molar-refractivity contribution in [2.75, 3.05) is 12.0 Å². The van der Waals surface area contributed by atoms with Crippen LogP contribution < -0.4 is 5.73 Å². The maximum Gasteiger partial charge on any atom is 0.243 e. The quantitative estimate of drug-likeness (QED) is 0.909. The molecule has 0 spiro atoms. The molecule has 0 aliphatic rings. The summed E-state index contributed by atoms with van der Waals surface area (Å²) in [6, 6.07) is 3.24. The smallest absolute Gasteiger partial charge is 0.243 e. The van der Waals surface area contributed by atoms with Crippen molar-refractivity contribution in [3.8, 4) is 11.5 Å². The Kier molecular flexibility index (Phi) is 4.57. The molecular formula is C11H13ClN4OS. The lowest BCUT2D eigenvalue weighted by atomic mass is 10.2. The predicted molar refractivity (Wildman–Crippen MR) is 72.5 cm³/mol. The Hall–Kier alpha value is -1.11. The van der Waals surface area contributed by atoms with Crippen molar-refractivity contribution in [2.45, 2.75) is 12.5 Å². The first-order chi connectivity index (χ1) is 8.70. The van der Waals surface area contributed by atoms with E-state index in [4.69, 9.17) is 21.9 Å². The summed E-state index contributed by atoms with van der Waals surface area (Å²) in [7, 11) is 0. The molecule has 0 fully saturated rings. The van der Waals surface area contributed by atoms with Gasteiger partial charge in [0.15, 0.2) is 0 Å².